The molecule has 3 aliphatic rings. The van der Waals surface area contributed by atoms with Crippen LogP contribution in [-0.4, -0.2) is 35.2 Å². The molecule has 1 spiro atoms. The third kappa shape index (κ3) is 1.30. The molecular weight excluding hydrogens is 258 g/mol. The molecular formula is C15H13NO4. The Morgan fingerprint density at radius 3 is 2.80 bits per heavy atom. The smallest absolute Gasteiger partial charge is 0.310 e. The van der Waals surface area contributed by atoms with Crippen LogP contribution in [0.15, 0.2) is 42.5 Å². The monoisotopic (exact) mass is 271 g/mol. The summed E-state index contributed by atoms with van der Waals surface area (Å²) in [5.74, 6) is -2.51. The normalized spacial score (nSPS) is 37.5. The summed E-state index contributed by atoms with van der Waals surface area (Å²) in [7, 11) is 0. The Bertz CT molecular complexity index is 626. The number of ether oxygens (including phenoxy) is 1. The first-order chi connectivity index (χ1) is 9.62. The van der Waals surface area contributed by atoms with Gasteiger partial charge in [-0.1, -0.05) is 30.4 Å². The van der Waals surface area contributed by atoms with Gasteiger partial charge >= 0.3 is 5.97 Å². The van der Waals surface area contributed by atoms with E-state index in [9.17, 15) is 14.7 Å². The highest BCUT2D eigenvalue weighted by atomic mass is 16.5. The SMILES string of the molecule is O=C(O)[C@H]1[C@H]2C(=O)N(c3ccccc3)C[C@]23C=C[C@H]1O3. The molecule has 2 saturated heterocycles. The summed E-state index contributed by atoms with van der Waals surface area (Å²) in [6.45, 7) is 0.386. The van der Waals surface area contributed by atoms with Crippen molar-refractivity contribution in [3.05, 3.63) is 42.5 Å². The zero-order valence-corrected chi connectivity index (χ0v) is 10.6. The molecule has 2 bridgehead atoms. The molecule has 3 aliphatic heterocycles. The lowest BCUT2D eigenvalue weighted by molar-refractivity contribution is -0.146. The van der Waals surface area contributed by atoms with Gasteiger partial charge in [0.05, 0.1) is 18.6 Å². The van der Waals surface area contributed by atoms with Crippen LogP contribution in [0.4, 0.5) is 5.69 Å². The Morgan fingerprint density at radius 2 is 2.10 bits per heavy atom. The Balaban J connectivity index is 1.76. The highest BCUT2D eigenvalue weighted by molar-refractivity contribution is 6.02. The highest BCUT2D eigenvalue weighted by Gasteiger charge is 2.67. The van der Waals surface area contributed by atoms with Gasteiger partial charge in [0.2, 0.25) is 5.91 Å². The van der Waals surface area contributed by atoms with Crippen molar-refractivity contribution in [2.24, 2.45) is 11.8 Å². The molecule has 4 atom stereocenters. The summed E-state index contributed by atoms with van der Waals surface area (Å²) in [4.78, 5) is 25.7. The van der Waals surface area contributed by atoms with Crippen LogP contribution in [0.25, 0.3) is 0 Å². The third-order valence-electron chi connectivity index (χ3n) is 4.45. The van der Waals surface area contributed by atoms with Gasteiger partial charge in [-0.05, 0) is 12.1 Å². The molecule has 4 rings (SSSR count). The van der Waals surface area contributed by atoms with E-state index in [2.05, 4.69) is 0 Å². The van der Waals surface area contributed by atoms with E-state index >= 15 is 0 Å². The molecule has 102 valence electrons. The van der Waals surface area contributed by atoms with Crippen molar-refractivity contribution in [3.63, 3.8) is 0 Å². The maximum absolute atomic E-state index is 12.6. The second kappa shape index (κ2) is 3.70. The zero-order valence-electron chi connectivity index (χ0n) is 10.6. The van der Waals surface area contributed by atoms with Crippen LogP contribution in [0.3, 0.4) is 0 Å². The predicted molar refractivity (Wildman–Crippen MR) is 70.2 cm³/mol. The van der Waals surface area contributed by atoms with E-state index in [-0.39, 0.29) is 5.91 Å². The number of anilines is 1. The summed E-state index contributed by atoms with van der Waals surface area (Å²) in [6.07, 6.45) is 3.17. The number of carbonyl (C=O) groups excluding carboxylic acids is 1. The Kier molecular flexibility index (Phi) is 2.16. The largest absolute Gasteiger partial charge is 0.481 e. The maximum atomic E-state index is 12.6. The van der Waals surface area contributed by atoms with Gasteiger partial charge in [-0.25, -0.2) is 0 Å². The van der Waals surface area contributed by atoms with E-state index < -0.39 is 29.5 Å². The van der Waals surface area contributed by atoms with Crippen LogP contribution in [0.5, 0.6) is 0 Å². The molecule has 0 saturated carbocycles. The number of carboxylic acid groups (broad SMARTS) is 1. The van der Waals surface area contributed by atoms with Gasteiger partial charge in [0.1, 0.15) is 11.5 Å². The maximum Gasteiger partial charge on any atom is 0.310 e. The van der Waals surface area contributed by atoms with Gasteiger partial charge in [-0.15, -0.1) is 0 Å². The van der Waals surface area contributed by atoms with Crippen molar-refractivity contribution < 1.29 is 19.4 Å². The molecule has 0 radical (unpaired) electrons. The Hall–Kier alpha value is -2.14. The second-order valence-electron chi connectivity index (χ2n) is 5.50. The lowest BCUT2D eigenvalue weighted by Crippen LogP contribution is -2.39. The molecule has 1 aromatic rings. The number of carboxylic acids is 1. The minimum atomic E-state index is -0.963. The number of carbonyl (C=O) groups is 2. The van der Waals surface area contributed by atoms with Gasteiger partial charge in [0.15, 0.2) is 0 Å². The highest BCUT2D eigenvalue weighted by Crippen LogP contribution is 2.52. The minimum Gasteiger partial charge on any atom is -0.481 e. The summed E-state index contributed by atoms with van der Waals surface area (Å²) in [5.41, 5.74) is 0.0200. The number of nitrogens with zero attached hydrogens (tertiary/aromatic N) is 1. The number of para-hydroxylation sites is 1. The van der Waals surface area contributed by atoms with E-state index in [1.807, 2.05) is 36.4 Å². The molecule has 5 nitrogen and oxygen atoms in total. The van der Waals surface area contributed by atoms with Gasteiger partial charge in [0.25, 0.3) is 0 Å². The number of rotatable bonds is 2. The summed E-state index contributed by atoms with van der Waals surface area (Å²) < 4.78 is 5.83. The van der Waals surface area contributed by atoms with Crippen LogP contribution in [-0.2, 0) is 14.3 Å². The van der Waals surface area contributed by atoms with Gasteiger partial charge < -0.3 is 14.7 Å². The van der Waals surface area contributed by atoms with Gasteiger partial charge in [-0.2, -0.15) is 0 Å². The molecule has 1 aromatic carbocycles. The van der Waals surface area contributed by atoms with Crippen molar-refractivity contribution in [1.29, 1.82) is 0 Å². The first-order valence-electron chi connectivity index (χ1n) is 6.59. The average Bonchev–Trinajstić information content (AvgIpc) is 3.08. The summed E-state index contributed by atoms with van der Waals surface area (Å²) >= 11 is 0. The Morgan fingerprint density at radius 1 is 1.35 bits per heavy atom. The number of hydrogen-bond donors (Lipinski definition) is 1. The fraction of sp³-hybridized carbons (Fsp3) is 0.333. The lowest BCUT2D eigenvalue weighted by atomic mass is 9.77. The molecule has 1 N–H and O–H groups in total. The lowest BCUT2D eigenvalue weighted by Gasteiger charge is -2.21. The van der Waals surface area contributed by atoms with Crippen molar-refractivity contribution in [3.8, 4) is 0 Å². The number of aliphatic carboxylic acids is 1. The van der Waals surface area contributed by atoms with Crippen molar-refractivity contribution in [1.82, 2.24) is 0 Å². The van der Waals surface area contributed by atoms with Gasteiger partial charge in [-0.3, -0.25) is 9.59 Å². The minimum absolute atomic E-state index is 0.157. The van der Waals surface area contributed by atoms with E-state index in [0.29, 0.717) is 6.54 Å². The summed E-state index contributed by atoms with van der Waals surface area (Å²) in [6, 6.07) is 9.29. The molecule has 0 unspecified atom stereocenters. The van der Waals surface area contributed by atoms with E-state index in [1.165, 1.54) is 0 Å². The second-order valence-corrected chi connectivity index (χ2v) is 5.50. The van der Waals surface area contributed by atoms with Crippen molar-refractivity contribution in [2.45, 2.75) is 11.7 Å². The molecule has 1 amide bonds. The molecule has 3 heterocycles. The first kappa shape index (κ1) is 11.7. The number of benzene rings is 1. The number of fused-ring (bicyclic) bond motifs is 1. The standard InChI is InChI=1S/C15H13NO4/c17-13-12-11(14(18)19)10-6-7-15(12,20-10)8-16(13)9-4-2-1-3-5-9/h1-7,10-12H,8H2,(H,18,19)/t10-,11-,12+,15-/m1/s1. The molecule has 5 heteroatoms. The van der Waals surface area contributed by atoms with E-state index in [1.54, 1.807) is 11.0 Å². The first-order valence-corrected chi connectivity index (χ1v) is 6.59. The zero-order chi connectivity index (χ0) is 13.9. The van der Waals surface area contributed by atoms with Crippen LogP contribution in [0, 0.1) is 11.8 Å². The van der Waals surface area contributed by atoms with Crippen LogP contribution in [0.1, 0.15) is 0 Å². The van der Waals surface area contributed by atoms with Crippen molar-refractivity contribution >= 4 is 17.6 Å². The van der Waals surface area contributed by atoms with Gasteiger partial charge in [0, 0.05) is 5.69 Å². The average molecular weight is 271 g/mol. The summed E-state index contributed by atoms with van der Waals surface area (Å²) in [5, 5.41) is 9.37. The molecule has 2 fully saturated rings. The fourth-order valence-corrected chi connectivity index (χ4v) is 3.61. The molecule has 0 aromatic heterocycles. The predicted octanol–water partition coefficient (Wildman–Crippen LogP) is 1.06. The van der Waals surface area contributed by atoms with Crippen LogP contribution < -0.4 is 4.90 Å². The molecule has 20 heavy (non-hydrogen) atoms. The fourth-order valence-electron chi connectivity index (χ4n) is 3.61. The van der Waals surface area contributed by atoms with Crippen LogP contribution in [0.2, 0.25) is 0 Å². The number of amides is 1. The number of hydrogen-bond acceptors (Lipinski definition) is 3. The topological polar surface area (TPSA) is 66.8 Å². The van der Waals surface area contributed by atoms with Crippen LogP contribution >= 0.6 is 0 Å². The quantitative estimate of drug-likeness (QED) is 0.817. The van der Waals surface area contributed by atoms with E-state index in [0.717, 1.165) is 5.69 Å². The van der Waals surface area contributed by atoms with Crippen molar-refractivity contribution in [2.75, 3.05) is 11.4 Å². The Labute approximate surface area is 115 Å². The molecule has 0 aliphatic carbocycles. The van der Waals surface area contributed by atoms with E-state index in [4.69, 9.17) is 4.74 Å². The third-order valence-corrected chi connectivity index (χ3v) is 4.45.